The monoisotopic (exact) mass is 361 g/mol. The van der Waals surface area contributed by atoms with Gasteiger partial charge in [0.25, 0.3) is 5.91 Å². The van der Waals surface area contributed by atoms with E-state index in [0.717, 1.165) is 11.8 Å². The maximum absolute atomic E-state index is 13.1. The van der Waals surface area contributed by atoms with Gasteiger partial charge in [0.2, 0.25) is 0 Å². The van der Waals surface area contributed by atoms with Gasteiger partial charge in [0, 0.05) is 17.4 Å². The molecule has 0 saturated heterocycles. The van der Waals surface area contributed by atoms with Gasteiger partial charge in [-0.25, -0.2) is 4.39 Å². The third kappa shape index (κ3) is 3.95. The van der Waals surface area contributed by atoms with E-state index in [0.29, 0.717) is 23.9 Å². The van der Waals surface area contributed by atoms with Crippen LogP contribution in [0, 0.1) is 17.7 Å². The summed E-state index contributed by atoms with van der Waals surface area (Å²) < 4.78 is 13.1. The van der Waals surface area contributed by atoms with E-state index in [1.54, 1.807) is 0 Å². The number of amides is 1. The van der Waals surface area contributed by atoms with Crippen LogP contribution in [-0.4, -0.2) is 17.8 Å². The molecule has 0 aliphatic heterocycles. The molecular weight excluding hydrogens is 345 g/mol. The Labute approximate surface area is 132 Å². The first-order valence-corrected chi connectivity index (χ1v) is 8.41. The number of halogens is 3. The molecule has 0 radical (unpaired) electrons. The fraction of sp³-hybridized carbons (Fsp3) is 0.533. The van der Waals surface area contributed by atoms with Gasteiger partial charge in [-0.2, -0.15) is 0 Å². The minimum Gasteiger partial charge on any atom is -0.352 e. The Hall–Kier alpha value is -0.610. The summed E-state index contributed by atoms with van der Waals surface area (Å²) in [6, 6.07) is 4.05. The molecule has 2 rings (SSSR count). The lowest BCUT2D eigenvalue weighted by atomic mass is 9.80. The van der Waals surface area contributed by atoms with Gasteiger partial charge in [-0.05, 0) is 42.9 Å². The summed E-state index contributed by atoms with van der Waals surface area (Å²) in [6.45, 7) is 0.671. The van der Waals surface area contributed by atoms with E-state index < -0.39 is 5.82 Å². The van der Waals surface area contributed by atoms with Crippen molar-refractivity contribution >= 4 is 33.4 Å². The van der Waals surface area contributed by atoms with Crippen molar-refractivity contribution < 1.29 is 9.18 Å². The Kier molecular flexibility index (Phi) is 5.85. The van der Waals surface area contributed by atoms with Gasteiger partial charge in [-0.1, -0.05) is 40.4 Å². The molecule has 2 atom stereocenters. The largest absolute Gasteiger partial charge is 0.352 e. The van der Waals surface area contributed by atoms with Crippen LogP contribution in [0.5, 0.6) is 0 Å². The molecule has 20 heavy (non-hydrogen) atoms. The van der Waals surface area contributed by atoms with Gasteiger partial charge in [0.05, 0.1) is 5.02 Å². The third-order valence-corrected chi connectivity index (χ3v) is 5.09. The number of alkyl halides is 1. The second kappa shape index (κ2) is 7.41. The second-order valence-corrected chi connectivity index (χ2v) is 6.35. The summed E-state index contributed by atoms with van der Waals surface area (Å²) in [4.78, 5) is 12.0. The Balaban J connectivity index is 1.92. The molecule has 0 spiro atoms. The highest BCUT2D eigenvalue weighted by Gasteiger charge is 2.24. The van der Waals surface area contributed by atoms with E-state index in [4.69, 9.17) is 11.6 Å². The maximum atomic E-state index is 13.1. The average molecular weight is 363 g/mol. The van der Waals surface area contributed by atoms with Crippen molar-refractivity contribution in [3.05, 3.63) is 34.6 Å². The van der Waals surface area contributed by atoms with Crippen molar-refractivity contribution in [2.75, 3.05) is 11.9 Å². The zero-order chi connectivity index (χ0) is 14.5. The molecule has 2 nitrogen and oxygen atoms in total. The molecule has 1 aliphatic carbocycles. The summed E-state index contributed by atoms with van der Waals surface area (Å²) in [6.07, 6.45) is 4.87. The van der Waals surface area contributed by atoms with Crippen molar-refractivity contribution in [1.82, 2.24) is 5.32 Å². The third-order valence-electron chi connectivity index (χ3n) is 3.97. The van der Waals surface area contributed by atoms with Crippen LogP contribution >= 0.6 is 27.5 Å². The van der Waals surface area contributed by atoms with Crippen molar-refractivity contribution in [2.45, 2.75) is 25.7 Å². The Bertz CT molecular complexity index is 483. The minimum absolute atomic E-state index is 0.0198. The number of hydrogen-bond acceptors (Lipinski definition) is 1. The lowest BCUT2D eigenvalue weighted by Gasteiger charge is -2.30. The van der Waals surface area contributed by atoms with Crippen molar-refractivity contribution in [3.8, 4) is 0 Å². The van der Waals surface area contributed by atoms with Crippen LogP contribution in [0.15, 0.2) is 18.2 Å². The Morgan fingerprint density at radius 1 is 1.35 bits per heavy atom. The van der Waals surface area contributed by atoms with Gasteiger partial charge >= 0.3 is 0 Å². The van der Waals surface area contributed by atoms with Crippen molar-refractivity contribution in [3.63, 3.8) is 0 Å². The van der Waals surface area contributed by atoms with E-state index in [2.05, 4.69) is 21.2 Å². The first-order valence-electron chi connectivity index (χ1n) is 6.91. The molecule has 1 aromatic rings. The number of rotatable bonds is 4. The van der Waals surface area contributed by atoms with Gasteiger partial charge in [0.15, 0.2) is 0 Å². The van der Waals surface area contributed by atoms with E-state index in [1.807, 2.05) is 0 Å². The van der Waals surface area contributed by atoms with Crippen LogP contribution in [0.25, 0.3) is 0 Å². The topological polar surface area (TPSA) is 29.1 Å². The van der Waals surface area contributed by atoms with Crippen LogP contribution in [-0.2, 0) is 0 Å². The lowest BCUT2D eigenvalue weighted by molar-refractivity contribution is 0.0937. The van der Waals surface area contributed by atoms with E-state index in [1.165, 1.54) is 37.5 Å². The van der Waals surface area contributed by atoms with Crippen LogP contribution in [0.2, 0.25) is 5.02 Å². The molecule has 1 N–H and O–H groups in total. The van der Waals surface area contributed by atoms with Crippen LogP contribution in [0.4, 0.5) is 4.39 Å². The summed E-state index contributed by atoms with van der Waals surface area (Å²) in [5.41, 5.74) is 0.405. The summed E-state index contributed by atoms with van der Waals surface area (Å²) in [5, 5.41) is 3.90. The van der Waals surface area contributed by atoms with Gasteiger partial charge in [-0.15, -0.1) is 0 Å². The fourth-order valence-electron chi connectivity index (χ4n) is 2.72. The molecule has 0 bridgehead atoms. The molecular formula is C15H18BrClFNO. The minimum atomic E-state index is -0.505. The van der Waals surface area contributed by atoms with Gasteiger partial charge in [0.1, 0.15) is 5.82 Å². The van der Waals surface area contributed by atoms with E-state index in [9.17, 15) is 9.18 Å². The summed E-state index contributed by atoms with van der Waals surface area (Å²) in [7, 11) is 0. The SMILES string of the molecule is O=C(NCC1CCCCC1CBr)c1ccc(F)c(Cl)c1. The van der Waals surface area contributed by atoms with Crippen LogP contribution in [0.1, 0.15) is 36.0 Å². The predicted octanol–water partition coefficient (Wildman–Crippen LogP) is 4.41. The quantitative estimate of drug-likeness (QED) is 0.790. The van der Waals surface area contributed by atoms with Crippen LogP contribution < -0.4 is 5.32 Å². The second-order valence-electron chi connectivity index (χ2n) is 5.30. The maximum Gasteiger partial charge on any atom is 0.251 e. The Morgan fingerprint density at radius 2 is 2.05 bits per heavy atom. The number of hydrogen-bond donors (Lipinski definition) is 1. The highest BCUT2D eigenvalue weighted by molar-refractivity contribution is 9.09. The molecule has 2 unspecified atom stereocenters. The Morgan fingerprint density at radius 3 is 2.70 bits per heavy atom. The molecule has 0 heterocycles. The molecule has 0 aromatic heterocycles. The first kappa shape index (κ1) is 15.8. The number of nitrogens with one attached hydrogen (secondary N) is 1. The smallest absolute Gasteiger partial charge is 0.251 e. The molecule has 1 aliphatic rings. The summed E-state index contributed by atoms with van der Waals surface area (Å²) in [5.74, 6) is 0.449. The standard InChI is InChI=1S/C15H18BrClFNO/c16-8-11-3-1-2-4-12(11)9-19-15(20)10-5-6-14(18)13(17)7-10/h5-7,11-12H,1-4,8-9H2,(H,19,20). The highest BCUT2D eigenvalue weighted by atomic mass is 79.9. The molecule has 1 saturated carbocycles. The highest BCUT2D eigenvalue weighted by Crippen LogP contribution is 2.30. The molecule has 110 valence electrons. The fourth-order valence-corrected chi connectivity index (χ4v) is 3.75. The molecule has 1 aromatic carbocycles. The zero-order valence-corrected chi connectivity index (χ0v) is 13.5. The van der Waals surface area contributed by atoms with Crippen molar-refractivity contribution in [2.24, 2.45) is 11.8 Å². The van der Waals surface area contributed by atoms with E-state index in [-0.39, 0.29) is 10.9 Å². The number of carbonyl (C=O) groups is 1. The van der Waals surface area contributed by atoms with E-state index >= 15 is 0 Å². The van der Waals surface area contributed by atoms with Gasteiger partial charge in [-0.3, -0.25) is 4.79 Å². The van der Waals surface area contributed by atoms with Crippen molar-refractivity contribution in [1.29, 1.82) is 0 Å². The summed E-state index contributed by atoms with van der Waals surface area (Å²) >= 11 is 9.24. The zero-order valence-electron chi connectivity index (χ0n) is 11.2. The molecule has 1 fully saturated rings. The average Bonchev–Trinajstić information content (AvgIpc) is 2.47. The lowest BCUT2D eigenvalue weighted by Crippen LogP contribution is -2.34. The normalized spacial score (nSPS) is 22.6. The number of benzene rings is 1. The van der Waals surface area contributed by atoms with Gasteiger partial charge < -0.3 is 5.32 Å². The molecule has 5 heteroatoms. The first-order chi connectivity index (χ1) is 9.61. The number of carbonyl (C=O) groups excluding carboxylic acids is 1. The molecule has 1 amide bonds. The van der Waals surface area contributed by atoms with Crippen LogP contribution in [0.3, 0.4) is 0 Å². The predicted molar refractivity (Wildman–Crippen MR) is 83.0 cm³/mol.